The molecule has 0 aliphatic carbocycles. The average Bonchev–Trinajstić information content (AvgIpc) is 0.722. The molecule has 0 spiro atoms. The van der Waals surface area contributed by atoms with Gasteiger partial charge in [0.25, 0.3) is 0 Å². The Morgan fingerprint density at radius 2 is 0.875 bits per heavy atom. The Morgan fingerprint density at radius 3 is 0.875 bits per heavy atom. The molecule has 0 amide bonds. The van der Waals surface area contributed by atoms with Gasteiger partial charge in [0.1, 0.15) is 0 Å². The SMILES string of the molecule is [Cs+].[Cs+].[Cs+].[O-]P([O-])([O-])=S. The van der Waals surface area contributed by atoms with Crippen molar-refractivity contribution in [2.24, 2.45) is 0 Å². The molecule has 0 unspecified atom stereocenters. The van der Waals surface area contributed by atoms with Gasteiger partial charge in [-0.15, -0.1) is 0 Å². The largest absolute Gasteiger partial charge is 1.00 e. The molecule has 32 valence electrons. The van der Waals surface area contributed by atoms with E-state index in [2.05, 4.69) is 11.8 Å². The van der Waals surface area contributed by atoms with Crippen LogP contribution in [0, 0.1) is 0 Å². The van der Waals surface area contributed by atoms with E-state index in [1.54, 1.807) is 0 Å². The zero-order valence-electron chi connectivity index (χ0n) is 5.08. The van der Waals surface area contributed by atoms with Crippen molar-refractivity contribution in [2.75, 3.05) is 0 Å². The standard InChI is InChI=1S/3Cs.H3O3PS/c;;;1-4(2,3)5/h;;;(H3,1,2,3,5)/q3*+1;/p-3. The smallest absolute Gasteiger partial charge is 0.844 e. The molecule has 0 heterocycles. The Bertz CT molecular complexity index is 60.7. The minimum absolute atomic E-state index is 0. The Morgan fingerprint density at radius 1 is 0.875 bits per heavy atom. The minimum Gasteiger partial charge on any atom is -0.844 e. The van der Waals surface area contributed by atoms with Gasteiger partial charge in [0.15, 0.2) is 0 Å². The van der Waals surface area contributed by atoms with E-state index in [4.69, 9.17) is 14.7 Å². The van der Waals surface area contributed by atoms with E-state index in [1.165, 1.54) is 0 Å². The van der Waals surface area contributed by atoms with Crippen molar-refractivity contribution in [3.63, 3.8) is 0 Å². The molecule has 0 radical (unpaired) electrons. The van der Waals surface area contributed by atoms with Crippen molar-refractivity contribution in [3.8, 4) is 0 Å². The molecule has 0 atom stereocenters. The number of hydrogen-bond acceptors (Lipinski definition) is 4. The van der Waals surface area contributed by atoms with Crippen LogP contribution in [0.1, 0.15) is 0 Å². The van der Waals surface area contributed by atoms with E-state index >= 15 is 0 Å². The fourth-order valence-corrected chi connectivity index (χ4v) is 0. The van der Waals surface area contributed by atoms with Crippen molar-refractivity contribution in [3.05, 3.63) is 0 Å². The predicted octanol–water partition coefficient (Wildman–Crippen LogP) is -11.7. The molecule has 8 heavy (non-hydrogen) atoms. The van der Waals surface area contributed by atoms with Crippen molar-refractivity contribution < 1.29 is 221 Å². The van der Waals surface area contributed by atoms with Crippen LogP contribution in [-0.2, 0) is 11.8 Å². The maximum Gasteiger partial charge on any atom is 1.00 e. The summed E-state index contributed by atoms with van der Waals surface area (Å²) in [7, 11) is 0. The first kappa shape index (κ1) is 24.1. The van der Waals surface area contributed by atoms with Gasteiger partial charge in [0, 0.05) is 0 Å². The quantitative estimate of drug-likeness (QED) is 0.304. The first-order valence-electron chi connectivity index (χ1n) is 0.730. The molecule has 3 nitrogen and oxygen atoms in total. The molecule has 0 bridgehead atoms. The van der Waals surface area contributed by atoms with Gasteiger partial charge in [-0.1, -0.05) is 0 Å². The second-order valence-corrected chi connectivity index (χ2v) is 2.68. The van der Waals surface area contributed by atoms with Gasteiger partial charge in [0.2, 0.25) is 0 Å². The van der Waals surface area contributed by atoms with Gasteiger partial charge in [0.05, 0.1) is 0 Å². The van der Waals surface area contributed by atoms with Crippen LogP contribution < -0.4 is 221 Å². The number of hydrogen-bond donors (Lipinski definition) is 0. The molecular formula is Cs3O3PS. The van der Waals surface area contributed by atoms with E-state index in [0.717, 1.165) is 0 Å². The summed E-state index contributed by atoms with van der Waals surface area (Å²) in [6.45, 7) is -4.56. The van der Waals surface area contributed by atoms with Crippen LogP contribution in [0.25, 0.3) is 0 Å². The molecular weight excluding hydrogens is 510 g/mol. The van der Waals surface area contributed by atoms with E-state index in [0.29, 0.717) is 0 Å². The second-order valence-electron chi connectivity index (χ2n) is 0.447. The topological polar surface area (TPSA) is 69.2 Å². The van der Waals surface area contributed by atoms with Gasteiger partial charge in [-0.05, 0) is 0 Å². The van der Waals surface area contributed by atoms with Crippen molar-refractivity contribution >= 4 is 18.5 Å². The van der Waals surface area contributed by atoms with Crippen LogP contribution in [0.4, 0.5) is 0 Å². The minimum atomic E-state index is -4.56. The van der Waals surface area contributed by atoms with Gasteiger partial charge in [-0.2, -0.15) is 11.8 Å². The maximum atomic E-state index is 8.92. The molecule has 0 saturated carbocycles. The number of rotatable bonds is 0. The normalized spacial score (nSPS) is 7.38. The Hall–Kier alpha value is 6.69. The molecule has 0 aromatic carbocycles. The molecule has 0 fully saturated rings. The van der Waals surface area contributed by atoms with Crippen LogP contribution in [0.3, 0.4) is 0 Å². The Labute approximate surface area is 230 Å². The zero-order valence-corrected chi connectivity index (χ0v) is 25.6. The third-order valence-corrected chi connectivity index (χ3v) is 0. The molecule has 0 aromatic rings. The first-order valence-corrected chi connectivity index (χ1v) is 3.29. The molecule has 0 rings (SSSR count). The van der Waals surface area contributed by atoms with E-state index < -0.39 is 6.72 Å². The zero-order chi connectivity index (χ0) is 4.50. The third-order valence-electron chi connectivity index (χ3n) is 0. The van der Waals surface area contributed by atoms with Crippen molar-refractivity contribution in [2.45, 2.75) is 0 Å². The van der Waals surface area contributed by atoms with E-state index in [1.807, 2.05) is 0 Å². The van der Waals surface area contributed by atoms with E-state index in [9.17, 15) is 0 Å². The molecule has 8 heteroatoms. The van der Waals surface area contributed by atoms with Crippen molar-refractivity contribution in [1.82, 2.24) is 0 Å². The molecule has 0 aliphatic heterocycles. The monoisotopic (exact) mass is 510 g/mol. The Kier molecular flexibility index (Phi) is 41.2. The summed E-state index contributed by atoms with van der Waals surface area (Å²) >= 11 is 3.27. The summed E-state index contributed by atoms with van der Waals surface area (Å²) in [5, 5.41) is 0. The fraction of sp³-hybridized carbons (Fsp3) is 0. The summed E-state index contributed by atoms with van der Waals surface area (Å²) in [6, 6.07) is 0. The first-order chi connectivity index (χ1) is 2.00. The average molecular weight is 510 g/mol. The Balaban J connectivity index is -0.0000000267. The van der Waals surface area contributed by atoms with Crippen LogP contribution in [0.15, 0.2) is 0 Å². The molecule has 0 saturated heterocycles. The summed E-state index contributed by atoms with van der Waals surface area (Å²) < 4.78 is 0. The second kappa shape index (κ2) is 13.7. The van der Waals surface area contributed by atoms with Gasteiger partial charge in [-0.25, -0.2) is 0 Å². The third kappa shape index (κ3) is 38.8. The molecule has 0 aliphatic rings. The molecule has 0 aromatic heterocycles. The maximum absolute atomic E-state index is 8.92. The summed E-state index contributed by atoms with van der Waals surface area (Å²) in [4.78, 5) is 26.8. The fourth-order valence-electron chi connectivity index (χ4n) is 0. The summed E-state index contributed by atoms with van der Waals surface area (Å²) in [6.07, 6.45) is 0. The van der Waals surface area contributed by atoms with Gasteiger partial charge in [-0.3, -0.25) is 0 Å². The summed E-state index contributed by atoms with van der Waals surface area (Å²) in [5.41, 5.74) is 0. The van der Waals surface area contributed by atoms with E-state index in [-0.39, 0.29) is 207 Å². The predicted molar refractivity (Wildman–Crippen MR) is 14.3 cm³/mol. The summed E-state index contributed by atoms with van der Waals surface area (Å²) in [5.74, 6) is 0. The van der Waals surface area contributed by atoms with Crippen LogP contribution in [0.5, 0.6) is 0 Å². The van der Waals surface area contributed by atoms with Crippen LogP contribution >= 0.6 is 6.72 Å². The van der Waals surface area contributed by atoms with Gasteiger partial charge >= 0.3 is 207 Å². The van der Waals surface area contributed by atoms with Crippen molar-refractivity contribution in [1.29, 1.82) is 0 Å². The van der Waals surface area contributed by atoms with Crippen LogP contribution in [0.2, 0.25) is 0 Å². The van der Waals surface area contributed by atoms with Gasteiger partial charge < -0.3 is 21.4 Å². The molecule has 0 N–H and O–H groups in total. The van der Waals surface area contributed by atoms with Crippen LogP contribution in [-0.4, -0.2) is 0 Å².